The Bertz CT molecular complexity index is 3910. The van der Waals surface area contributed by atoms with Gasteiger partial charge in [0.25, 0.3) is 11.8 Å². The van der Waals surface area contributed by atoms with Crippen molar-refractivity contribution in [3.05, 3.63) is 172 Å². The summed E-state index contributed by atoms with van der Waals surface area (Å²) in [5, 5.41) is 65.6. The van der Waals surface area contributed by atoms with Crippen LogP contribution in [0.4, 0.5) is 28.9 Å². The quantitative estimate of drug-likeness (QED) is 0.0489. The molecule has 0 radical (unpaired) electrons. The largest absolute Gasteiger partial charge is 0.387 e. The van der Waals surface area contributed by atoms with Crippen molar-refractivity contribution < 1.29 is 69.5 Å². The zero-order valence-electron chi connectivity index (χ0n) is 41.9. The molecule has 81 heavy (non-hydrogen) atoms. The Hall–Kier alpha value is -6.74. The molecule has 0 aliphatic heterocycles. The number of aliphatic hydroxyl groups excluding tert-OH is 3. The summed E-state index contributed by atoms with van der Waals surface area (Å²) in [7, 11) is -8.48. The summed E-state index contributed by atoms with van der Waals surface area (Å²) in [6, 6.07) is 18.7. The zero-order valence-corrected chi connectivity index (χ0v) is 45.1. The van der Waals surface area contributed by atoms with E-state index < -0.39 is 118 Å². The molecule has 7 N–H and O–H groups in total. The lowest BCUT2D eigenvalue weighted by molar-refractivity contribution is -0.252. The first-order valence-electron chi connectivity index (χ1n) is 25.3. The van der Waals surface area contributed by atoms with Crippen LogP contribution in [0, 0.1) is 46.9 Å². The number of fused-ring (bicyclic) bond motifs is 4. The van der Waals surface area contributed by atoms with Crippen LogP contribution in [0.5, 0.6) is 0 Å². The van der Waals surface area contributed by atoms with Gasteiger partial charge in [0.05, 0.1) is 53.5 Å². The molecule has 422 valence electrons. The van der Waals surface area contributed by atoms with E-state index in [4.69, 9.17) is 23.2 Å². The highest BCUT2D eigenvalue weighted by molar-refractivity contribution is 7.92. The molecule has 7 atom stereocenters. The Labute approximate surface area is 469 Å². The fraction of sp³-hybridized carbons (Fsp3) is 0.309. The summed E-state index contributed by atoms with van der Waals surface area (Å²) in [6.07, 6.45) is -0.551. The van der Waals surface area contributed by atoms with E-state index in [0.717, 1.165) is 48.5 Å². The van der Waals surface area contributed by atoms with Crippen LogP contribution in [0.2, 0.25) is 10.0 Å². The molecule has 6 aliphatic carbocycles. The summed E-state index contributed by atoms with van der Waals surface area (Å²) in [4.78, 5) is 38.7. The second-order valence-corrected chi connectivity index (χ2v) is 26.2. The summed E-state index contributed by atoms with van der Waals surface area (Å²) < 4.78 is 112. The first kappa shape index (κ1) is 56.1. The van der Waals surface area contributed by atoms with E-state index in [9.17, 15) is 69.5 Å². The van der Waals surface area contributed by atoms with Gasteiger partial charge in [0, 0.05) is 52.6 Å². The van der Waals surface area contributed by atoms with E-state index >= 15 is 0 Å². The van der Waals surface area contributed by atoms with E-state index in [-0.39, 0.29) is 91.1 Å². The predicted octanol–water partition coefficient (Wildman–Crippen LogP) is 7.53. The number of benzene rings is 4. The maximum Gasteiger partial charge on any atom is 0.255 e. The number of carbonyl (C=O) groups excluding carboxylic acids is 2. The smallest absolute Gasteiger partial charge is 0.255 e. The molecule has 0 saturated heterocycles. The Morgan fingerprint density at radius 1 is 0.630 bits per heavy atom. The van der Waals surface area contributed by atoms with Crippen LogP contribution in [0.25, 0.3) is 17.1 Å². The maximum atomic E-state index is 14.1. The molecule has 0 spiro atoms. The second-order valence-electron chi connectivity index (χ2n) is 21.0. The molecular weight excluding hydrogens is 1150 g/mol. The topological polar surface area (TPSA) is 284 Å². The molecule has 7 aromatic rings. The van der Waals surface area contributed by atoms with Crippen molar-refractivity contribution in [2.45, 2.75) is 88.3 Å². The highest BCUT2D eigenvalue weighted by Gasteiger charge is 2.66. The molecule has 4 bridgehead atoms. The number of nitrogens with zero attached hydrogens (tertiary/aromatic N) is 5. The van der Waals surface area contributed by atoms with Crippen LogP contribution >= 0.6 is 23.2 Å². The number of amides is 2. The molecule has 3 aromatic heterocycles. The summed E-state index contributed by atoms with van der Waals surface area (Å²) in [5.41, 5.74) is -3.49. The van der Waals surface area contributed by atoms with Crippen LogP contribution in [-0.2, 0) is 19.7 Å². The minimum Gasteiger partial charge on any atom is -0.387 e. The lowest BCUT2D eigenvalue weighted by atomic mass is 9.51. The molecule has 6 saturated carbocycles. The third kappa shape index (κ3) is 9.86. The summed E-state index contributed by atoms with van der Waals surface area (Å²) >= 11 is 12.8. The number of halogens is 6. The predicted molar refractivity (Wildman–Crippen MR) is 283 cm³/mol. The first-order chi connectivity index (χ1) is 38.4. The first-order valence-corrected chi connectivity index (χ1v) is 29.2. The van der Waals surface area contributed by atoms with Gasteiger partial charge in [-0.15, -0.1) is 0 Å². The van der Waals surface area contributed by atoms with Gasteiger partial charge in [-0.2, -0.15) is 5.10 Å². The number of pyridine rings is 1. The third-order valence-electron chi connectivity index (χ3n) is 16.5. The molecule has 4 aromatic carbocycles. The molecule has 3 heterocycles. The highest BCUT2D eigenvalue weighted by atomic mass is 35.5. The van der Waals surface area contributed by atoms with E-state index in [2.05, 4.69) is 30.7 Å². The van der Waals surface area contributed by atoms with Crippen molar-refractivity contribution in [3.8, 4) is 17.1 Å². The van der Waals surface area contributed by atoms with Gasteiger partial charge in [-0.05, 0) is 141 Å². The lowest BCUT2D eigenvalue weighted by Crippen LogP contribution is -2.68. The van der Waals surface area contributed by atoms with Crippen LogP contribution in [0.1, 0.15) is 83.0 Å². The van der Waals surface area contributed by atoms with Crippen molar-refractivity contribution in [2.24, 2.45) is 23.7 Å². The maximum absolute atomic E-state index is 14.1. The van der Waals surface area contributed by atoms with E-state index in [1.165, 1.54) is 65.7 Å². The fourth-order valence-corrected chi connectivity index (χ4v) is 16.9. The zero-order chi connectivity index (χ0) is 57.7. The van der Waals surface area contributed by atoms with Crippen LogP contribution in [0.3, 0.4) is 0 Å². The number of hydrogen-bond donors (Lipinski definition) is 7. The van der Waals surface area contributed by atoms with Crippen molar-refractivity contribution >= 4 is 66.1 Å². The van der Waals surface area contributed by atoms with Crippen molar-refractivity contribution in [3.63, 3.8) is 0 Å². The van der Waals surface area contributed by atoms with Gasteiger partial charge in [-0.25, -0.2) is 54.0 Å². The van der Waals surface area contributed by atoms with Crippen LogP contribution < -0.4 is 10.6 Å². The number of nitrogens with one attached hydrogen (secondary N) is 2. The number of anilines is 2. The van der Waals surface area contributed by atoms with Gasteiger partial charge < -0.3 is 36.2 Å². The number of aliphatic hydroxyl groups is 5. The van der Waals surface area contributed by atoms with Crippen LogP contribution in [0.15, 0.2) is 125 Å². The van der Waals surface area contributed by atoms with Gasteiger partial charge in [-0.1, -0.05) is 29.3 Å². The average molecular weight is 1190 g/mol. The molecule has 26 heteroatoms. The lowest BCUT2D eigenvalue weighted by Gasteiger charge is -2.60. The van der Waals surface area contributed by atoms with Gasteiger partial charge in [0.2, 0.25) is 0 Å². The Morgan fingerprint density at radius 3 is 1.64 bits per heavy atom. The van der Waals surface area contributed by atoms with E-state index in [1.807, 2.05) is 0 Å². The highest BCUT2D eigenvalue weighted by Crippen LogP contribution is 2.61. The molecular formula is C55H47Cl2F4N7O11S2. The number of sulfone groups is 2. The fourth-order valence-electron chi connectivity index (χ4n) is 12.1. The number of carbonyl (C=O) groups is 2. The standard InChI is InChI=1S/C55H47Cl2F4N7O11S2/c56-37-8-4-26(52(72)64-33-6-10-39(58)41(60)22-33)14-45(37)80(76,77)35-18-29-16-30(19-35)54(29,74)49(70)48(69)44-2-1-3-47(66-44)68-25-28(24-63-68)43-12-13-62-51(67-43)50(71)55(75)31-17-32(55)21-36(20-31)81(78,79)46-15-27(5-9-38(46)57)53(73)65-34-7-11-40(59)42(61)23-34/h1-15,22-25,29-32,35-36,48-50,69-71,74-75H,16-21H2,(H,64,72)(H,65,73). The summed E-state index contributed by atoms with van der Waals surface area (Å²) in [6.45, 7) is 0. The molecule has 18 nitrogen and oxygen atoms in total. The minimum absolute atomic E-state index is 0.0482. The second kappa shape index (κ2) is 20.9. The normalized spacial score (nSPS) is 25.2. The van der Waals surface area contributed by atoms with Gasteiger partial charge in [-0.3, -0.25) is 9.59 Å². The Morgan fingerprint density at radius 2 is 1.14 bits per heavy atom. The molecule has 2 amide bonds. The SMILES string of the molecule is O=C(Nc1ccc(F)c(F)c1)c1ccc(Cl)c(S(=O)(=O)C2CC3CC(C2)C3(O)C(O)c2nccc(-c3cnn(-c4cccc(C(O)C(O)C5(O)C6CC5CC(S(=O)(=O)c5cc(C(=O)Nc7ccc(F)c(F)c7)ccc5Cl)C6)n4)c3)n2)c1. The van der Waals surface area contributed by atoms with Gasteiger partial charge in [0.15, 0.2) is 54.6 Å². The molecule has 13 rings (SSSR count). The average Bonchev–Trinajstić information content (AvgIpc) is 4.06. The van der Waals surface area contributed by atoms with Gasteiger partial charge >= 0.3 is 0 Å². The Balaban J connectivity index is 0.732. The molecule has 7 unspecified atom stereocenters. The minimum atomic E-state index is -4.25. The molecule has 6 aliphatic rings. The summed E-state index contributed by atoms with van der Waals surface area (Å²) in [5.74, 6) is -9.23. The van der Waals surface area contributed by atoms with E-state index in [1.54, 1.807) is 6.07 Å². The molecule has 6 fully saturated rings. The van der Waals surface area contributed by atoms with Crippen LogP contribution in [-0.4, -0.2) is 107 Å². The Kier molecular flexibility index (Phi) is 14.5. The van der Waals surface area contributed by atoms with Crippen molar-refractivity contribution in [1.82, 2.24) is 24.7 Å². The third-order valence-corrected chi connectivity index (χ3v) is 21.8. The van der Waals surface area contributed by atoms with E-state index in [0.29, 0.717) is 18.4 Å². The van der Waals surface area contributed by atoms with Gasteiger partial charge in [0.1, 0.15) is 23.9 Å². The number of hydrogen-bond acceptors (Lipinski definition) is 15. The number of rotatable bonds is 15. The van der Waals surface area contributed by atoms with Crippen molar-refractivity contribution in [2.75, 3.05) is 10.6 Å². The van der Waals surface area contributed by atoms with Crippen molar-refractivity contribution in [1.29, 1.82) is 0 Å². The number of aromatic nitrogens is 5. The monoisotopic (exact) mass is 1190 g/mol.